The Morgan fingerprint density at radius 3 is 2.41 bits per heavy atom. The highest BCUT2D eigenvalue weighted by Crippen LogP contribution is 2.36. The molecule has 3 rings (SSSR count). The van der Waals surface area contributed by atoms with Crippen LogP contribution in [0.15, 0.2) is 29.6 Å². The lowest BCUT2D eigenvalue weighted by Crippen LogP contribution is -2.48. The monoisotopic (exact) mass is 435 g/mol. The first-order chi connectivity index (χ1) is 14.0. The van der Waals surface area contributed by atoms with E-state index in [2.05, 4.69) is 22.0 Å². The lowest BCUT2D eigenvalue weighted by atomic mass is 10.0. The van der Waals surface area contributed by atoms with Gasteiger partial charge in [0.25, 0.3) is 0 Å². The highest BCUT2D eigenvalue weighted by Gasteiger charge is 2.24. The van der Waals surface area contributed by atoms with Crippen LogP contribution in [0.1, 0.15) is 23.7 Å². The molecule has 1 N–H and O–H groups in total. The summed E-state index contributed by atoms with van der Waals surface area (Å²) >= 11 is 7.29. The Morgan fingerprint density at radius 2 is 1.79 bits per heavy atom. The quantitative estimate of drug-likeness (QED) is 0.670. The van der Waals surface area contributed by atoms with Crippen LogP contribution in [0, 0.1) is 0 Å². The number of thiophene rings is 1. The molecule has 1 aromatic carbocycles. The summed E-state index contributed by atoms with van der Waals surface area (Å²) in [5, 5.41) is 5.90. The largest absolute Gasteiger partial charge is 0.465 e. The Bertz CT molecular complexity index is 845. The van der Waals surface area contributed by atoms with Gasteiger partial charge in [-0.3, -0.25) is 9.69 Å². The van der Waals surface area contributed by atoms with E-state index in [1.54, 1.807) is 12.1 Å². The number of amides is 1. The molecular weight excluding hydrogens is 410 g/mol. The van der Waals surface area contributed by atoms with Crippen molar-refractivity contribution >= 4 is 39.8 Å². The lowest BCUT2D eigenvalue weighted by molar-refractivity contribution is -0.117. The van der Waals surface area contributed by atoms with E-state index in [1.807, 2.05) is 17.5 Å². The highest BCUT2D eigenvalue weighted by molar-refractivity contribution is 7.15. The fourth-order valence-electron chi connectivity index (χ4n) is 3.45. The molecule has 0 atom stereocenters. The van der Waals surface area contributed by atoms with Crippen LogP contribution in [0.2, 0.25) is 5.02 Å². The highest BCUT2D eigenvalue weighted by atomic mass is 35.5. The minimum atomic E-state index is -0.473. The minimum Gasteiger partial charge on any atom is -0.465 e. The van der Waals surface area contributed by atoms with E-state index in [9.17, 15) is 9.59 Å². The van der Waals surface area contributed by atoms with Crippen LogP contribution in [0.5, 0.6) is 0 Å². The number of nitrogens with one attached hydrogen (secondary N) is 1. The third-order valence-corrected chi connectivity index (χ3v) is 6.11. The van der Waals surface area contributed by atoms with Gasteiger partial charge in [0.15, 0.2) is 0 Å². The Morgan fingerprint density at radius 1 is 1.14 bits per heavy atom. The minimum absolute atomic E-state index is 0.122. The summed E-state index contributed by atoms with van der Waals surface area (Å²) in [5.41, 5.74) is 1.95. The molecule has 0 radical (unpaired) electrons. The van der Waals surface area contributed by atoms with E-state index in [0.29, 0.717) is 22.1 Å². The summed E-state index contributed by atoms with van der Waals surface area (Å²) in [5.74, 6) is -0.594. The van der Waals surface area contributed by atoms with Gasteiger partial charge < -0.3 is 15.0 Å². The number of ether oxygens (including phenoxy) is 1. The first-order valence-corrected chi connectivity index (χ1v) is 11.0. The number of benzene rings is 1. The van der Waals surface area contributed by atoms with Crippen molar-refractivity contribution in [1.29, 1.82) is 0 Å². The van der Waals surface area contributed by atoms with Crippen LogP contribution in [0.25, 0.3) is 11.1 Å². The van der Waals surface area contributed by atoms with Crippen molar-refractivity contribution in [1.82, 2.24) is 9.80 Å². The van der Waals surface area contributed by atoms with Crippen LogP contribution >= 0.6 is 22.9 Å². The number of methoxy groups -OCH3 is 1. The molecule has 8 heteroatoms. The molecule has 0 unspecified atom stereocenters. The van der Waals surface area contributed by atoms with E-state index in [4.69, 9.17) is 16.3 Å². The standard InChI is InChI=1S/C21H26ClN3O3S/c1-3-8-24-9-11-25(12-10-24)13-18(26)23-20-19(21(27)28-2)17(14-29-20)15-4-6-16(22)7-5-15/h4-7,14H,3,8-13H2,1-2H3,(H,23,26). The van der Waals surface area contributed by atoms with Crippen molar-refractivity contribution in [2.24, 2.45) is 0 Å². The molecule has 1 saturated heterocycles. The van der Waals surface area contributed by atoms with Gasteiger partial charge in [-0.05, 0) is 30.7 Å². The summed E-state index contributed by atoms with van der Waals surface area (Å²) in [6.07, 6.45) is 1.14. The number of nitrogens with zero attached hydrogens (tertiary/aromatic N) is 2. The van der Waals surface area contributed by atoms with Gasteiger partial charge in [-0.25, -0.2) is 4.79 Å². The van der Waals surface area contributed by atoms with Crippen molar-refractivity contribution < 1.29 is 14.3 Å². The van der Waals surface area contributed by atoms with Crippen molar-refractivity contribution in [3.63, 3.8) is 0 Å². The topological polar surface area (TPSA) is 61.9 Å². The second-order valence-corrected chi connectivity index (χ2v) is 8.33. The molecule has 2 aromatic rings. The second kappa shape index (κ2) is 10.2. The number of piperazine rings is 1. The number of carbonyl (C=O) groups excluding carboxylic acids is 2. The molecule has 29 heavy (non-hydrogen) atoms. The molecule has 0 bridgehead atoms. The zero-order valence-electron chi connectivity index (χ0n) is 16.7. The third kappa shape index (κ3) is 5.57. The maximum atomic E-state index is 12.6. The molecule has 1 fully saturated rings. The lowest BCUT2D eigenvalue weighted by Gasteiger charge is -2.34. The average Bonchev–Trinajstić information content (AvgIpc) is 3.13. The van der Waals surface area contributed by atoms with Gasteiger partial charge in [0.05, 0.1) is 13.7 Å². The van der Waals surface area contributed by atoms with E-state index in [1.165, 1.54) is 18.4 Å². The summed E-state index contributed by atoms with van der Waals surface area (Å²) in [4.78, 5) is 29.6. The van der Waals surface area contributed by atoms with Crippen molar-refractivity contribution in [3.05, 3.63) is 40.2 Å². The molecule has 0 saturated carbocycles. The van der Waals surface area contributed by atoms with Gasteiger partial charge in [0.2, 0.25) is 5.91 Å². The molecular formula is C21H26ClN3O3S. The first-order valence-electron chi connectivity index (χ1n) is 9.72. The summed E-state index contributed by atoms with van der Waals surface area (Å²) in [6, 6.07) is 7.23. The Balaban J connectivity index is 1.69. The fourth-order valence-corrected chi connectivity index (χ4v) is 4.55. The molecule has 2 heterocycles. The van der Waals surface area contributed by atoms with Gasteiger partial charge in [0.1, 0.15) is 10.6 Å². The average molecular weight is 436 g/mol. The SMILES string of the molecule is CCCN1CCN(CC(=O)Nc2scc(-c3ccc(Cl)cc3)c2C(=O)OC)CC1. The van der Waals surface area contributed by atoms with Crippen LogP contribution in [-0.2, 0) is 9.53 Å². The van der Waals surface area contributed by atoms with E-state index in [-0.39, 0.29) is 5.91 Å². The van der Waals surface area contributed by atoms with Crippen molar-refractivity contribution in [2.75, 3.05) is 51.7 Å². The Hall–Kier alpha value is -1.93. The second-order valence-electron chi connectivity index (χ2n) is 7.02. The molecule has 1 aromatic heterocycles. The zero-order valence-corrected chi connectivity index (χ0v) is 18.3. The van der Waals surface area contributed by atoms with Crippen LogP contribution in [0.4, 0.5) is 5.00 Å². The zero-order chi connectivity index (χ0) is 20.8. The van der Waals surface area contributed by atoms with Gasteiger partial charge >= 0.3 is 5.97 Å². The number of carbonyl (C=O) groups is 2. The maximum absolute atomic E-state index is 12.6. The summed E-state index contributed by atoms with van der Waals surface area (Å²) < 4.78 is 4.96. The number of rotatable bonds is 7. The number of halogens is 1. The molecule has 156 valence electrons. The number of anilines is 1. The number of hydrogen-bond donors (Lipinski definition) is 1. The van der Waals surface area contributed by atoms with Gasteiger partial charge in [0, 0.05) is 42.1 Å². The molecule has 0 spiro atoms. The maximum Gasteiger partial charge on any atom is 0.341 e. The van der Waals surface area contributed by atoms with E-state index < -0.39 is 5.97 Å². The molecule has 1 aliphatic rings. The van der Waals surface area contributed by atoms with Gasteiger partial charge in [-0.1, -0.05) is 30.7 Å². The van der Waals surface area contributed by atoms with Crippen LogP contribution in [-0.4, -0.2) is 68.1 Å². The predicted molar refractivity (Wildman–Crippen MR) is 118 cm³/mol. The Labute approximate surface area is 180 Å². The molecule has 6 nitrogen and oxygen atoms in total. The smallest absolute Gasteiger partial charge is 0.341 e. The summed E-state index contributed by atoms with van der Waals surface area (Å²) in [6.45, 7) is 7.30. The molecule has 1 aliphatic heterocycles. The van der Waals surface area contributed by atoms with E-state index >= 15 is 0 Å². The first kappa shape index (κ1) is 21.8. The van der Waals surface area contributed by atoms with Crippen LogP contribution in [0.3, 0.4) is 0 Å². The number of esters is 1. The molecule has 1 amide bonds. The van der Waals surface area contributed by atoms with Gasteiger partial charge in [-0.15, -0.1) is 11.3 Å². The number of hydrogen-bond acceptors (Lipinski definition) is 6. The Kier molecular flexibility index (Phi) is 7.66. The van der Waals surface area contributed by atoms with Crippen molar-refractivity contribution in [3.8, 4) is 11.1 Å². The third-order valence-electron chi connectivity index (χ3n) is 4.96. The normalized spacial score (nSPS) is 15.3. The predicted octanol–water partition coefficient (Wildman–Crippen LogP) is 3.82. The van der Waals surface area contributed by atoms with Crippen LogP contribution < -0.4 is 5.32 Å². The summed E-state index contributed by atoms with van der Waals surface area (Å²) in [7, 11) is 1.34. The molecule has 0 aliphatic carbocycles. The van der Waals surface area contributed by atoms with Crippen molar-refractivity contribution in [2.45, 2.75) is 13.3 Å². The fraction of sp³-hybridized carbons (Fsp3) is 0.429. The van der Waals surface area contributed by atoms with Gasteiger partial charge in [-0.2, -0.15) is 0 Å². The van der Waals surface area contributed by atoms with E-state index in [0.717, 1.165) is 50.3 Å².